The number of hydrogen-bond donors (Lipinski definition) is 2. The second-order valence-electron chi connectivity index (χ2n) is 8.81. The number of piperidine rings is 1. The number of carbonyl (C=O) groups is 1. The zero-order valence-electron chi connectivity index (χ0n) is 17.7. The Kier molecular flexibility index (Phi) is 7.77. The van der Waals surface area contributed by atoms with Gasteiger partial charge in [-0.1, -0.05) is 11.6 Å². The summed E-state index contributed by atoms with van der Waals surface area (Å²) in [5.74, 6) is 0.405. The number of methoxy groups -OCH3 is 1. The zero-order valence-corrected chi connectivity index (χ0v) is 19.3. The number of nitrogens with two attached hydrogens (primary N) is 1. The Morgan fingerprint density at radius 2 is 1.70 bits per heavy atom. The average molecular weight is 458 g/mol. The van der Waals surface area contributed by atoms with E-state index in [-0.39, 0.29) is 30.5 Å². The van der Waals surface area contributed by atoms with Gasteiger partial charge in [0, 0.05) is 31.3 Å². The summed E-state index contributed by atoms with van der Waals surface area (Å²) in [6.45, 7) is 0. The molecule has 168 valence electrons. The van der Waals surface area contributed by atoms with E-state index in [1.54, 1.807) is 19.2 Å². The Balaban J connectivity index is 0.00000256. The van der Waals surface area contributed by atoms with Gasteiger partial charge >= 0.3 is 0 Å². The molecule has 2 atom stereocenters. The molecule has 1 aliphatic carbocycles. The van der Waals surface area contributed by atoms with Crippen LogP contribution in [0.3, 0.4) is 0 Å². The van der Waals surface area contributed by atoms with Crippen LogP contribution in [-0.2, 0) is 4.74 Å². The number of nitrogens with one attached hydrogen (secondary N) is 1. The van der Waals surface area contributed by atoms with Gasteiger partial charge in [0.15, 0.2) is 0 Å². The maximum atomic E-state index is 13.1. The number of carbonyl (C=O) groups excluding carboxylic acids is 1. The number of nitrogens with zero attached hydrogens (tertiary/aromatic N) is 1. The lowest BCUT2D eigenvalue weighted by Crippen LogP contribution is -2.48. The first-order chi connectivity index (χ1) is 13.9. The summed E-state index contributed by atoms with van der Waals surface area (Å²) in [5, 5.41) is 3.62. The summed E-state index contributed by atoms with van der Waals surface area (Å²) in [5.41, 5.74) is 6.92. The Hall–Kier alpha value is -1.21. The first-order valence-electron chi connectivity index (χ1n) is 10.8. The number of rotatable bonds is 5. The molecule has 1 saturated carbocycles. The van der Waals surface area contributed by atoms with Crippen molar-refractivity contribution in [3.63, 3.8) is 0 Å². The van der Waals surface area contributed by atoms with Crippen LogP contribution in [0.15, 0.2) is 12.1 Å². The fourth-order valence-corrected chi connectivity index (χ4v) is 5.37. The standard InChI is InChI=1S/C22H32ClN3O3.ClH/c1-26-14-3-4-15(26)10-13(9-14)25-22(27)18-11-19(23)20(24)12-21(18)29-17-7-5-16(28-2)6-8-17;/h11-17H,3-10,24H2,1-2H3,(H,25,27);1H. The molecule has 2 bridgehead atoms. The number of nitrogen functional groups attached to an aromatic ring is 1. The van der Waals surface area contributed by atoms with E-state index in [2.05, 4.69) is 17.3 Å². The third kappa shape index (κ3) is 4.98. The van der Waals surface area contributed by atoms with E-state index >= 15 is 0 Å². The molecule has 1 aromatic carbocycles. The summed E-state index contributed by atoms with van der Waals surface area (Å²) in [7, 11) is 3.95. The normalized spacial score (nSPS) is 31.1. The van der Waals surface area contributed by atoms with Gasteiger partial charge in [-0.25, -0.2) is 0 Å². The highest BCUT2D eigenvalue weighted by Gasteiger charge is 2.39. The molecule has 0 radical (unpaired) electrons. The molecule has 30 heavy (non-hydrogen) atoms. The highest BCUT2D eigenvalue weighted by molar-refractivity contribution is 6.33. The van der Waals surface area contributed by atoms with Gasteiger partial charge in [0.2, 0.25) is 0 Å². The molecule has 0 aromatic heterocycles. The van der Waals surface area contributed by atoms with E-state index in [9.17, 15) is 4.79 Å². The zero-order chi connectivity index (χ0) is 20.5. The molecule has 1 amide bonds. The van der Waals surface area contributed by atoms with Crippen molar-refractivity contribution in [1.29, 1.82) is 0 Å². The molecule has 8 heteroatoms. The van der Waals surface area contributed by atoms with E-state index in [0.29, 0.717) is 40.2 Å². The van der Waals surface area contributed by atoms with Gasteiger partial charge in [0.25, 0.3) is 5.91 Å². The van der Waals surface area contributed by atoms with Gasteiger partial charge in [0.1, 0.15) is 5.75 Å². The van der Waals surface area contributed by atoms with Crippen molar-refractivity contribution in [3.05, 3.63) is 22.7 Å². The maximum Gasteiger partial charge on any atom is 0.255 e. The van der Waals surface area contributed by atoms with Gasteiger partial charge in [-0.3, -0.25) is 4.79 Å². The largest absolute Gasteiger partial charge is 0.490 e. The number of halogens is 2. The summed E-state index contributed by atoms with van der Waals surface area (Å²) < 4.78 is 11.7. The molecular formula is C22H33Cl2N3O3. The highest BCUT2D eigenvalue weighted by Crippen LogP contribution is 2.36. The molecule has 2 aliphatic heterocycles. The predicted octanol–water partition coefficient (Wildman–Crippen LogP) is 4.04. The lowest BCUT2D eigenvalue weighted by molar-refractivity contribution is 0.0324. The van der Waals surface area contributed by atoms with Crippen molar-refractivity contribution in [2.24, 2.45) is 0 Å². The smallest absolute Gasteiger partial charge is 0.255 e. The molecule has 3 N–H and O–H groups in total. The summed E-state index contributed by atoms with van der Waals surface area (Å²) in [6.07, 6.45) is 8.53. The number of fused-ring (bicyclic) bond motifs is 2. The molecule has 2 unspecified atom stereocenters. The SMILES string of the molecule is COC1CCC(Oc2cc(N)c(Cl)cc2C(=O)NC2CC3CCC(C2)N3C)CC1.Cl. The van der Waals surface area contributed by atoms with Crippen LogP contribution in [-0.4, -0.2) is 55.3 Å². The van der Waals surface area contributed by atoms with Crippen LogP contribution in [0.4, 0.5) is 5.69 Å². The van der Waals surface area contributed by atoms with Crippen molar-refractivity contribution in [1.82, 2.24) is 10.2 Å². The minimum Gasteiger partial charge on any atom is -0.490 e. The second kappa shape index (κ2) is 9.94. The molecule has 2 saturated heterocycles. The molecule has 6 nitrogen and oxygen atoms in total. The Morgan fingerprint density at radius 1 is 1.10 bits per heavy atom. The molecule has 0 spiro atoms. The van der Waals surface area contributed by atoms with Gasteiger partial charge < -0.3 is 25.4 Å². The molecule has 1 aromatic rings. The van der Waals surface area contributed by atoms with Crippen LogP contribution in [0.2, 0.25) is 5.02 Å². The van der Waals surface area contributed by atoms with Crippen molar-refractivity contribution < 1.29 is 14.3 Å². The predicted molar refractivity (Wildman–Crippen MR) is 122 cm³/mol. The number of ether oxygens (including phenoxy) is 2. The summed E-state index contributed by atoms with van der Waals surface area (Å²) in [6, 6.07) is 4.67. The molecule has 3 aliphatic rings. The molecule has 4 rings (SSSR count). The van der Waals surface area contributed by atoms with Gasteiger partial charge in [0.05, 0.1) is 28.5 Å². The molecule has 2 heterocycles. The third-order valence-electron chi connectivity index (χ3n) is 7.03. The van der Waals surface area contributed by atoms with Crippen molar-refractivity contribution in [2.45, 2.75) is 81.7 Å². The average Bonchev–Trinajstić information content (AvgIpc) is 2.91. The Labute approximate surface area is 190 Å². The van der Waals surface area contributed by atoms with Gasteiger partial charge in [-0.2, -0.15) is 0 Å². The molecular weight excluding hydrogens is 425 g/mol. The van der Waals surface area contributed by atoms with Crippen LogP contribution in [0.5, 0.6) is 5.75 Å². The Morgan fingerprint density at radius 3 is 2.30 bits per heavy atom. The van der Waals surface area contributed by atoms with E-state index in [1.165, 1.54) is 12.8 Å². The summed E-state index contributed by atoms with van der Waals surface area (Å²) >= 11 is 6.25. The lowest BCUT2D eigenvalue weighted by Gasteiger charge is -2.36. The third-order valence-corrected chi connectivity index (χ3v) is 7.35. The topological polar surface area (TPSA) is 76.8 Å². The highest BCUT2D eigenvalue weighted by atomic mass is 35.5. The van der Waals surface area contributed by atoms with Crippen molar-refractivity contribution >= 4 is 35.6 Å². The first kappa shape index (κ1) is 23.5. The quantitative estimate of drug-likeness (QED) is 0.652. The van der Waals surface area contributed by atoms with Gasteiger partial charge in [-0.15, -0.1) is 12.4 Å². The number of anilines is 1. The van der Waals surface area contributed by atoms with Crippen molar-refractivity contribution in [3.8, 4) is 5.75 Å². The van der Waals surface area contributed by atoms with E-state index in [0.717, 1.165) is 38.5 Å². The van der Waals surface area contributed by atoms with Crippen LogP contribution < -0.4 is 15.8 Å². The van der Waals surface area contributed by atoms with E-state index in [1.807, 2.05) is 0 Å². The van der Waals surface area contributed by atoms with Crippen LogP contribution in [0.1, 0.15) is 61.7 Å². The maximum absolute atomic E-state index is 13.1. The van der Waals surface area contributed by atoms with Crippen molar-refractivity contribution in [2.75, 3.05) is 19.9 Å². The van der Waals surface area contributed by atoms with Gasteiger partial charge in [-0.05, 0) is 64.5 Å². The van der Waals surface area contributed by atoms with Crippen LogP contribution in [0.25, 0.3) is 0 Å². The lowest BCUT2D eigenvalue weighted by atomic mass is 9.95. The number of hydrogen-bond acceptors (Lipinski definition) is 5. The minimum absolute atomic E-state index is 0. The van der Waals surface area contributed by atoms with E-state index < -0.39 is 0 Å². The Bertz CT molecular complexity index is 741. The first-order valence-corrected chi connectivity index (χ1v) is 11.1. The van der Waals surface area contributed by atoms with Crippen LogP contribution in [0, 0.1) is 0 Å². The van der Waals surface area contributed by atoms with Crippen LogP contribution >= 0.6 is 24.0 Å². The minimum atomic E-state index is -0.124. The monoisotopic (exact) mass is 457 g/mol. The van der Waals surface area contributed by atoms with E-state index in [4.69, 9.17) is 26.8 Å². The second-order valence-corrected chi connectivity index (χ2v) is 9.22. The molecule has 3 fully saturated rings. The number of amides is 1. The fraction of sp³-hybridized carbons (Fsp3) is 0.682. The fourth-order valence-electron chi connectivity index (χ4n) is 5.20. The number of benzene rings is 1. The summed E-state index contributed by atoms with van der Waals surface area (Å²) in [4.78, 5) is 15.6.